The number of carbonyl (C=O) groups excluding carboxylic acids is 1. The van der Waals surface area contributed by atoms with Gasteiger partial charge in [-0.05, 0) is 35.7 Å². The van der Waals surface area contributed by atoms with Crippen molar-refractivity contribution in [3.05, 3.63) is 89.6 Å². The third kappa shape index (κ3) is 4.67. The van der Waals surface area contributed by atoms with Crippen molar-refractivity contribution in [1.82, 2.24) is 4.98 Å². The van der Waals surface area contributed by atoms with Gasteiger partial charge in [-0.15, -0.1) is 0 Å². The fourth-order valence-electron chi connectivity index (χ4n) is 2.53. The van der Waals surface area contributed by atoms with Crippen LogP contribution < -0.4 is 10.1 Å². The van der Waals surface area contributed by atoms with Gasteiger partial charge in [0.25, 0.3) is 5.91 Å². The third-order valence-corrected chi connectivity index (χ3v) is 3.84. The van der Waals surface area contributed by atoms with Crippen molar-refractivity contribution in [2.24, 2.45) is 0 Å². The maximum absolute atomic E-state index is 12.1. The van der Waals surface area contributed by atoms with E-state index in [9.17, 15) is 4.79 Å². The van der Waals surface area contributed by atoms with E-state index in [0.717, 1.165) is 23.3 Å². The molecule has 0 aliphatic carbocycles. The van der Waals surface area contributed by atoms with Crippen LogP contribution in [0.3, 0.4) is 0 Å². The number of anilines is 1. The second kappa shape index (κ2) is 8.11. The molecule has 0 saturated carbocycles. The number of para-hydroxylation sites is 1. The van der Waals surface area contributed by atoms with Gasteiger partial charge in [-0.25, -0.2) is 4.98 Å². The lowest BCUT2D eigenvalue weighted by molar-refractivity contribution is -0.118. The van der Waals surface area contributed by atoms with Gasteiger partial charge in [-0.1, -0.05) is 54.6 Å². The molecule has 0 bridgehead atoms. The van der Waals surface area contributed by atoms with Crippen LogP contribution in [0.25, 0.3) is 0 Å². The minimum atomic E-state index is -0.226. The van der Waals surface area contributed by atoms with Crippen LogP contribution in [0.2, 0.25) is 0 Å². The van der Waals surface area contributed by atoms with E-state index < -0.39 is 0 Å². The molecule has 1 aromatic heterocycles. The predicted molar refractivity (Wildman–Crippen MR) is 98.8 cm³/mol. The van der Waals surface area contributed by atoms with E-state index in [1.807, 2.05) is 61.5 Å². The minimum Gasteiger partial charge on any atom is -0.483 e. The van der Waals surface area contributed by atoms with E-state index in [1.54, 1.807) is 6.20 Å². The van der Waals surface area contributed by atoms with Crippen molar-refractivity contribution < 1.29 is 9.53 Å². The molecule has 0 saturated heterocycles. The number of nitrogens with one attached hydrogen (secondary N) is 1. The standard InChI is InChI=1S/C21H20N2O2/c1-16-8-7-13-22-21(16)23-20(24)15-25-19-12-6-5-11-18(19)14-17-9-3-2-4-10-17/h2-13H,14-15H2,1H3,(H,22,23,24). The molecular weight excluding hydrogens is 312 g/mol. The number of ether oxygens (including phenoxy) is 1. The summed E-state index contributed by atoms with van der Waals surface area (Å²) in [6.07, 6.45) is 2.41. The lowest BCUT2D eigenvalue weighted by Crippen LogP contribution is -2.21. The molecule has 0 aliphatic heterocycles. The number of pyridine rings is 1. The molecule has 1 heterocycles. The highest BCUT2D eigenvalue weighted by molar-refractivity contribution is 5.91. The van der Waals surface area contributed by atoms with Gasteiger partial charge in [0, 0.05) is 12.6 Å². The van der Waals surface area contributed by atoms with Gasteiger partial charge in [-0.2, -0.15) is 0 Å². The lowest BCUT2D eigenvalue weighted by Gasteiger charge is -2.12. The fraction of sp³-hybridized carbons (Fsp3) is 0.143. The Morgan fingerprint density at radius 2 is 1.76 bits per heavy atom. The zero-order chi connectivity index (χ0) is 17.5. The number of benzene rings is 2. The van der Waals surface area contributed by atoms with Crippen molar-refractivity contribution in [3.63, 3.8) is 0 Å². The lowest BCUT2D eigenvalue weighted by atomic mass is 10.0. The van der Waals surface area contributed by atoms with E-state index in [0.29, 0.717) is 5.82 Å². The van der Waals surface area contributed by atoms with Crippen molar-refractivity contribution in [2.75, 3.05) is 11.9 Å². The van der Waals surface area contributed by atoms with Crippen LogP contribution in [0, 0.1) is 6.92 Å². The highest BCUT2D eigenvalue weighted by Crippen LogP contribution is 2.21. The molecule has 126 valence electrons. The van der Waals surface area contributed by atoms with Crippen molar-refractivity contribution in [1.29, 1.82) is 0 Å². The Morgan fingerprint density at radius 3 is 2.56 bits per heavy atom. The average molecular weight is 332 g/mol. The molecule has 4 heteroatoms. The summed E-state index contributed by atoms with van der Waals surface area (Å²) < 4.78 is 5.74. The Balaban J connectivity index is 1.63. The van der Waals surface area contributed by atoms with Gasteiger partial charge in [0.05, 0.1) is 0 Å². The Kier molecular flexibility index (Phi) is 5.42. The summed E-state index contributed by atoms with van der Waals surface area (Å²) >= 11 is 0. The van der Waals surface area contributed by atoms with Crippen LogP contribution in [0.4, 0.5) is 5.82 Å². The molecule has 0 radical (unpaired) electrons. The number of amides is 1. The summed E-state index contributed by atoms with van der Waals surface area (Å²) in [5.41, 5.74) is 3.17. The van der Waals surface area contributed by atoms with Gasteiger partial charge in [-0.3, -0.25) is 4.79 Å². The smallest absolute Gasteiger partial charge is 0.263 e. The van der Waals surface area contributed by atoms with Crippen molar-refractivity contribution in [2.45, 2.75) is 13.3 Å². The third-order valence-electron chi connectivity index (χ3n) is 3.84. The topological polar surface area (TPSA) is 51.2 Å². The zero-order valence-corrected chi connectivity index (χ0v) is 14.1. The molecule has 0 spiro atoms. The van der Waals surface area contributed by atoms with E-state index in [-0.39, 0.29) is 12.5 Å². The van der Waals surface area contributed by atoms with Crippen molar-refractivity contribution >= 4 is 11.7 Å². The van der Waals surface area contributed by atoms with Crippen LogP contribution in [0.1, 0.15) is 16.7 Å². The second-order valence-electron chi connectivity index (χ2n) is 5.78. The number of nitrogens with zero attached hydrogens (tertiary/aromatic N) is 1. The molecule has 3 aromatic rings. The molecule has 1 N–H and O–H groups in total. The van der Waals surface area contributed by atoms with Gasteiger partial charge in [0.1, 0.15) is 11.6 Å². The molecule has 1 amide bonds. The molecule has 2 aromatic carbocycles. The van der Waals surface area contributed by atoms with E-state index in [1.165, 1.54) is 5.56 Å². The maximum atomic E-state index is 12.1. The van der Waals surface area contributed by atoms with Crippen LogP contribution in [-0.4, -0.2) is 17.5 Å². The monoisotopic (exact) mass is 332 g/mol. The first kappa shape index (κ1) is 16.7. The largest absolute Gasteiger partial charge is 0.483 e. The highest BCUT2D eigenvalue weighted by atomic mass is 16.5. The molecule has 0 atom stereocenters. The quantitative estimate of drug-likeness (QED) is 0.742. The van der Waals surface area contributed by atoms with E-state index in [4.69, 9.17) is 4.74 Å². The predicted octanol–water partition coefficient (Wildman–Crippen LogP) is 4.00. The Morgan fingerprint density at radius 1 is 1.00 bits per heavy atom. The Labute approximate surface area is 147 Å². The van der Waals surface area contributed by atoms with Gasteiger partial charge in [0.15, 0.2) is 6.61 Å². The number of hydrogen-bond acceptors (Lipinski definition) is 3. The Bertz CT molecular complexity index is 847. The second-order valence-corrected chi connectivity index (χ2v) is 5.78. The number of carbonyl (C=O) groups is 1. The summed E-state index contributed by atoms with van der Waals surface area (Å²) in [6, 6.07) is 21.7. The highest BCUT2D eigenvalue weighted by Gasteiger charge is 2.09. The summed E-state index contributed by atoms with van der Waals surface area (Å²) in [4.78, 5) is 16.3. The van der Waals surface area contributed by atoms with Crippen LogP contribution in [0.5, 0.6) is 5.75 Å². The van der Waals surface area contributed by atoms with Gasteiger partial charge >= 0.3 is 0 Å². The maximum Gasteiger partial charge on any atom is 0.263 e. The van der Waals surface area contributed by atoms with E-state index >= 15 is 0 Å². The minimum absolute atomic E-state index is 0.0538. The van der Waals surface area contributed by atoms with Gasteiger partial charge < -0.3 is 10.1 Å². The normalized spacial score (nSPS) is 10.3. The summed E-state index contributed by atoms with van der Waals surface area (Å²) in [6.45, 7) is 1.85. The van der Waals surface area contributed by atoms with Crippen LogP contribution in [0.15, 0.2) is 72.9 Å². The molecule has 0 aliphatic rings. The molecule has 25 heavy (non-hydrogen) atoms. The Hall–Kier alpha value is -3.14. The fourth-order valence-corrected chi connectivity index (χ4v) is 2.53. The average Bonchev–Trinajstić information content (AvgIpc) is 2.64. The first-order valence-corrected chi connectivity index (χ1v) is 8.18. The first-order valence-electron chi connectivity index (χ1n) is 8.18. The summed E-state index contributed by atoms with van der Waals surface area (Å²) in [5, 5.41) is 2.77. The van der Waals surface area contributed by atoms with Gasteiger partial charge in [0.2, 0.25) is 0 Å². The summed E-state index contributed by atoms with van der Waals surface area (Å²) in [5.74, 6) is 1.06. The van der Waals surface area contributed by atoms with E-state index in [2.05, 4.69) is 22.4 Å². The van der Waals surface area contributed by atoms with Crippen molar-refractivity contribution in [3.8, 4) is 5.75 Å². The van der Waals surface area contributed by atoms with Crippen LogP contribution >= 0.6 is 0 Å². The first-order chi connectivity index (χ1) is 12.2. The van der Waals surface area contributed by atoms with Crippen LogP contribution in [-0.2, 0) is 11.2 Å². The molecule has 3 rings (SSSR count). The molecule has 0 unspecified atom stereocenters. The number of rotatable bonds is 6. The number of aromatic nitrogens is 1. The SMILES string of the molecule is Cc1cccnc1NC(=O)COc1ccccc1Cc1ccccc1. The molecule has 4 nitrogen and oxygen atoms in total. The molecule has 0 fully saturated rings. The zero-order valence-electron chi connectivity index (χ0n) is 14.1. The number of aryl methyl sites for hydroxylation is 1. The summed E-state index contributed by atoms with van der Waals surface area (Å²) in [7, 11) is 0. The molecular formula is C21H20N2O2. The number of hydrogen-bond donors (Lipinski definition) is 1.